The van der Waals surface area contributed by atoms with E-state index in [1.807, 2.05) is 0 Å². The van der Waals surface area contributed by atoms with Crippen molar-refractivity contribution in [1.82, 2.24) is 0 Å². The van der Waals surface area contributed by atoms with Gasteiger partial charge < -0.3 is 10.8 Å². The molecule has 3 heteroatoms. The Morgan fingerprint density at radius 1 is 1.67 bits per heavy atom. The van der Waals surface area contributed by atoms with E-state index in [4.69, 9.17) is 10.8 Å². The van der Waals surface area contributed by atoms with Crippen LogP contribution < -0.4 is 5.73 Å². The second-order valence-corrected chi connectivity index (χ2v) is 2.37. The van der Waals surface area contributed by atoms with Gasteiger partial charge in [-0.3, -0.25) is 0 Å². The van der Waals surface area contributed by atoms with Gasteiger partial charge in [-0.2, -0.15) is 0 Å². The first-order chi connectivity index (χ1) is 4.09. The second-order valence-electron chi connectivity index (χ2n) is 1.41. The molecule has 0 saturated heterocycles. The van der Waals surface area contributed by atoms with Crippen molar-refractivity contribution in [2.24, 2.45) is 5.73 Å². The minimum Gasteiger partial charge on any atom is -0.506 e. The molecule has 0 spiro atoms. The lowest BCUT2D eigenvalue weighted by atomic mass is 10.3. The van der Waals surface area contributed by atoms with E-state index in [0.717, 1.165) is 0 Å². The Morgan fingerprint density at radius 3 is 2.22 bits per heavy atom. The zero-order chi connectivity index (χ0) is 7.44. The zero-order valence-corrected chi connectivity index (χ0v) is 6.48. The molecular formula is C6H8BrNO. The molecule has 0 atom stereocenters. The Bertz CT molecular complexity index is 172. The van der Waals surface area contributed by atoms with Gasteiger partial charge in [-0.15, -0.1) is 0 Å². The molecule has 0 aliphatic rings. The quantitative estimate of drug-likeness (QED) is 0.515. The normalized spacial score (nSPS) is 12.1. The minimum atomic E-state index is -0.0584. The fourth-order valence-corrected chi connectivity index (χ4v) is 0.452. The number of aliphatic hydroxyl groups is 1. The molecule has 0 saturated carbocycles. The number of hydrogen-bond donors (Lipinski definition) is 2. The molecule has 0 bridgehead atoms. The highest BCUT2D eigenvalue weighted by Gasteiger charge is 1.96. The van der Waals surface area contributed by atoms with Gasteiger partial charge >= 0.3 is 0 Å². The topological polar surface area (TPSA) is 46.2 Å². The van der Waals surface area contributed by atoms with Crippen molar-refractivity contribution in [1.29, 1.82) is 0 Å². The molecule has 0 aliphatic heterocycles. The average Bonchev–Trinajstić information content (AvgIpc) is 1.84. The van der Waals surface area contributed by atoms with Gasteiger partial charge in [0.15, 0.2) is 0 Å². The molecule has 0 aromatic heterocycles. The molecule has 50 valence electrons. The maximum absolute atomic E-state index is 8.84. The van der Waals surface area contributed by atoms with E-state index < -0.39 is 0 Å². The van der Waals surface area contributed by atoms with Gasteiger partial charge in [0.2, 0.25) is 0 Å². The van der Waals surface area contributed by atoms with Crippen LogP contribution in [0.2, 0.25) is 0 Å². The molecule has 0 aromatic carbocycles. The molecule has 0 fully saturated rings. The lowest BCUT2D eigenvalue weighted by molar-refractivity contribution is 0.427. The Kier molecular flexibility index (Phi) is 3.09. The third-order valence-electron chi connectivity index (χ3n) is 0.762. The molecule has 0 heterocycles. The van der Waals surface area contributed by atoms with Crippen molar-refractivity contribution < 1.29 is 5.11 Å². The van der Waals surface area contributed by atoms with E-state index in [1.165, 1.54) is 6.08 Å². The molecule has 0 amide bonds. The monoisotopic (exact) mass is 189 g/mol. The highest BCUT2D eigenvalue weighted by molar-refractivity contribution is 9.11. The minimum absolute atomic E-state index is 0.0584. The fraction of sp³-hybridized carbons (Fsp3) is 0. The van der Waals surface area contributed by atoms with E-state index in [0.29, 0.717) is 4.48 Å². The van der Waals surface area contributed by atoms with E-state index >= 15 is 0 Å². The summed E-state index contributed by atoms with van der Waals surface area (Å²) >= 11 is 3.00. The lowest BCUT2D eigenvalue weighted by Gasteiger charge is -1.97. The van der Waals surface area contributed by atoms with Crippen LogP contribution in [0, 0.1) is 0 Å². The number of allylic oxidation sites excluding steroid dienone is 2. The Labute approximate surface area is 62.5 Å². The van der Waals surface area contributed by atoms with Crippen LogP contribution in [0.3, 0.4) is 0 Å². The maximum atomic E-state index is 8.84. The fourth-order valence-electron chi connectivity index (χ4n) is 0.249. The number of halogens is 1. The summed E-state index contributed by atoms with van der Waals surface area (Å²) in [5.74, 6) is -0.0584. The van der Waals surface area contributed by atoms with Crippen molar-refractivity contribution in [2.75, 3.05) is 0 Å². The van der Waals surface area contributed by atoms with Crippen molar-refractivity contribution in [3.8, 4) is 0 Å². The predicted octanol–water partition coefficient (Wildman–Crippen LogP) is 1.81. The van der Waals surface area contributed by atoms with Crippen molar-refractivity contribution in [2.45, 2.75) is 0 Å². The smallest absolute Gasteiger partial charge is 0.139 e. The molecule has 0 aliphatic carbocycles. The second kappa shape index (κ2) is 3.35. The Hall–Kier alpha value is -0.700. The third kappa shape index (κ3) is 2.37. The first-order valence-corrected chi connectivity index (χ1v) is 3.04. The van der Waals surface area contributed by atoms with Gasteiger partial charge in [-0.25, -0.2) is 0 Å². The summed E-state index contributed by atoms with van der Waals surface area (Å²) in [5.41, 5.74) is 5.50. The molecule has 0 radical (unpaired) electrons. The first-order valence-electron chi connectivity index (χ1n) is 2.25. The predicted molar refractivity (Wildman–Crippen MR) is 42.1 cm³/mol. The van der Waals surface area contributed by atoms with E-state index in [2.05, 4.69) is 29.1 Å². The summed E-state index contributed by atoms with van der Waals surface area (Å²) in [5, 5.41) is 8.84. The summed E-state index contributed by atoms with van der Waals surface area (Å²) < 4.78 is 0.458. The SMILES string of the molecule is C=C/C(O)=C(/N)C(=C)Br. The summed E-state index contributed by atoms with van der Waals surface area (Å²) in [6, 6.07) is 0. The Morgan fingerprint density at radius 2 is 2.11 bits per heavy atom. The molecule has 0 rings (SSSR count). The molecule has 0 aromatic rings. The van der Waals surface area contributed by atoms with Gasteiger partial charge in [-0.1, -0.05) is 13.2 Å². The molecule has 0 unspecified atom stereocenters. The van der Waals surface area contributed by atoms with Gasteiger partial charge in [0.25, 0.3) is 0 Å². The number of hydrogen-bond acceptors (Lipinski definition) is 2. The summed E-state index contributed by atoms with van der Waals surface area (Å²) in [6.45, 7) is 6.76. The van der Waals surface area contributed by atoms with Gasteiger partial charge in [-0.05, 0) is 22.0 Å². The number of rotatable bonds is 2. The lowest BCUT2D eigenvalue weighted by Crippen LogP contribution is -1.99. The molecule has 3 N–H and O–H groups in total. The molecule has 9 heavy (non-hydrogen) atoms. The highest BCUT2D eigenvalue weighted by Crippen LogP contribution is 2.11. The maximum Gasteiger partial charge on any atom is 0.139 e. The summed E-state index contributed by atoms with van der Waals surface area (Å²) in [7, 11) is 0. The summed E-state index contributed by atoms with van der Waals surface area (Å²) in [4.78, 5) is 0. The van der Waals surface area contributed by atoms with E-state index in [1.54, 1.807) is 0 Å². The van der Waals surface area contributed by atoms with Crippen molar-refractivity contribution in [3.63, 3.8) is 0 Å². The Balaban J connectivity index is 4.47. The van der Waals surface area contributed by atoms with Crippen LogP contribution >= 0.6 is 15.9 Å². The largest absolute Gasteiger partial charge is 0.506 e. The molecular weight excluding hydrogens is 182 g/mol. The van der Waals surface area contributed by atoms with Gasteiger partial charge in [0.05, 0.1) is 5.70 Å². The van der Waals surface area contributed by atoms with Crippen molar-refractivity contribution in [3.05, 3.63) is 35.2 Å². The van der Waals surface area contributed by atoms with Crippen molar-refractivity contribution >= 4 is 15.9 Å². The zero-order valence-electron chi connectivity index (χ0n) is 4.89. The van der Waals surface area contributed by atoms with Gasteiger partial charge in [0, 0.05) is 4.48 Å². The van der Waals surface area contributed by atoms with Crippen LogP contribution in [0.25, 0.3) is 0 Å². The standard InChI is InChI=1S/C6H8BrNO/c1-3-5(9)6(8)4(2)7/h3,9H,1-2,8H2/b6-5-. The van der Waals surface area contributed by atoms with E-state index in [9.17, 15) is 0 Å². The van der Waals surface area contributed by atoms with Crippen LogP contribution in [0.1, 0.15) is 0 Å². The van der Waals surface area contributed by atoms with E-state index in [-0.39, 0.29) is 11.5 Å². The van der Waals surface area contributed by atoms with Crippen LogP contribution in [0.15, 0.2) is 35.2 Å². The van der Waals surface area contributed by atoms with Crippen LogP contribution in [0.4, 0.5) is 0 Å². The van der Waals surface area contributed by atoms with Crippen LogP contribution in [0.5, 0.6) is 0 Å². The molecule has 2 nitrogen and oxygen atoms in total. The number of aliphatic hydroxyl groups excluding tert-OH is 1. The van der Waals surface area contributed by atoms with Crippen LogP contribution in [-0.2, 0) is 0 Å². The highest BCUT2D eigenvalue weighted by atomic mass is 79.9. The van der Waals surface area contributed by atoms with Crippen LogP contribution in [-0.4, -0.2) is 5.11 Å². The third-order valence-corrected chi connectivity index (χ3v) is 1.19. The van der Waals surface area contributed by atoms with Gasteiger partial charge in [0.1, 0.15) is 5.76 Å². The average molecular weight is 190 g/mol. The number of nitrogens with two attached hydrogens (primary N) is 1. The summed E-state index contributed by atoms with van der Waals surface area (Å²) in [6.07, 6.45) is 1.25. The first kappa shape index (κ1) is 8.30.